The molecule has 0 aliphatic carbocycles. The number of carbonyl (C=O) groups is 1. The first-order valence-corrected chi connectivity index (χ1v) is 8.94. The molecule has 1 aromatic heterocycles. The van der Waals surface area contributed by atoms with Crippen LogP contribution < -0.4 is 10.4 Å². The van der Waals surface area contributed by atoms with Crippen molar-refractivity contribution in [1.82, 2.24) is 9.63 Å². The van der Waals surface area contributed by atoms with E-state index in [1.54, 1.807) is 25.3 Å². The van der Waals surface area contributed by atoms with E-state index < -0.39 is 10.6 Å². The Morgan fingerprint density at radius 2 is 2.11 bits per heavy atom. The quantitative estimate of drug-likeness (QED) is 0.454. The van der Waals surface area contributed by atoms with Gasteiger partial charge in [0.05, 0.1) is 30.2 Å². The van der Waals surface area contributed by atoms with E-state index in [9.17, 15) is 10.0 Å². The summed E-state index contributed by atoms with van der Waals surface area (Å²) in [6, 6.07) is 4.92. The first-order chi connectivity index (χ1) is 13.0. The predicted molar refractivity (Wildman–Crippen MR) is 106 cm³/mol. The molecule has 1 unspecified atom stereocenters. The molecule has 0 saturated heterocycles. The maximum absolute atomic E-state index is 13.9. The maximum Gasteiger partial charge on any atom is 0.337 e. The molecule has 1 aliphatic heterocycles. The number of unbranched alkanes of at least 4 members (excludes halogenated alkanes) is 1. The van der Waals surface area contributed by atoms with E-state index in [2.05, 4.69) is 16.9 Å². The molecule has 0 radical (unpaired) electrons. The number of anilines is 1. The fourth-order valence-corrected chi connectivity index (χ4v) is 3.35. The monoisotopic (exact) mass is 372 g/mol. The van der Waals surface area contributed by atoms with Crippen molar-refractivity contribution < 1.29 is 14.3 Å². The van der Waals surface area contributed by atoms with E-state index in [0.29, 0.717) is 40.1 Å². The van der Waals surface area contributed by atoms with Gasteiger partial charge in [-0.15, -0.1) is 0 Å². The molecule has 144 valence electrons. The Morgan fingerprint density at radius 1 is 1.33 bits per heavy atom. The van der Waals surface area contributed by atoms with Gasteiger partial charge in [-0.05, 0) is 24.6 Å². The summed E-state index contributed by atoms with van der Waals surface area (Å²) >= 11 is 0. The first-order valence-electron chi connectivity index (χ1n) is 8.94. The maximum atomic E-state index is 13.9. The van der Waals surface area contributed by atoms with Gasteiger partial charge in [-0.3, -0.25) is 4.65 Å². The molecule has 2 aromatic rings. The molecule has 3 rings (SSSR count). The highest BCUT2D eigenvalue weighted by atomic mass is 16.6. The number of ether oxygens (including phenoxy) is 2. The van der Waals surface area contributed by atoms with Gasteiger partial charge >= 0.3 is 5.97 Å². The number of rotatable bonds is 7. The summed E-state index contributed by atoms with van der Waals surface area (Å²) in [6.45, 7) is 2.55. The normalized spacial score (nSPS) is 18.4. The standard InChI is InChI=1S/C19H24N4O4/c1-4-5-6-15-22-16-17(23(15,25)9-10-26-2)13-8-7-12(19(24)27-3)11-14(13)21-18(16)20/h7-8,11H,4-6,9-10H2,1-3H3,(H2,20,21). The molecule has 2 heterocycles. The minimum Gasteiger partial charge on any atom is -0.621 e. The molecular formula is C19H24N4O4. The number of fused-ring (bicyclic) bond motifs is 3. The number of aromatic nitrogens is 1. The molecule has 0 fully saturated rings. The fourth-order valence-electron chi connectivity index (χ4n) is 3.35. The summed E-state index contributed by atoms with van der Waals surface area (Å²) in [5.74, 6) is 0.226. The zero-order valence-electron chi connectivity index (χ0n) is 15.8. The molecule has 0 spiro atoms. The number of nitrogen functional groups attached to an aromatic ring is 1. The van der Waals surface area contributed by atoms with Gasteiger partial charge in [0, 0.05) is 13.5 Å². The number of hydroxylamine groups is 2. The van der Waals surface area contributed by atoms with Gasteiger partial charge < -0.3 is 20.4 Å². The van der Waals surface area contributed by atoms with Crippen LogP contribution in [0.5, 0.6) is 0 Å². The third kappa shape index (κ3) is 3.27. The van der Waals surface area contributed by atoms with Crippen LogP contribution in [0, 0.1) is 5.21 Å². The Hall–Kier alpha value is -2.55. The van der Waals surface area contributed by atoms with Gasteiger partial charge in [-0.1, -0.05) is 13.3 Å². The zero-order valence-corrected chi connectivity index (χ0v) is 15.8. The lowest BCUT2D eigenvalue weighted by Crippen LogP contribution is -2.49. The average Bonchev–Trinajstić information content (AvgIpc) is 2.97. The van der Waals surface area contributed by atoms with Crippen molar-refractivity contribution in [3.05, 3.63) is 29.0 Å². The summed E-state index contributed by atoms with van der Waals surface area (Å²) in [7, 11) is 2.88. The van der Waals surface area contributed by atoms with Crippen molar-refractivity contribution in [2.75, 3.05) is 33.1 Å². The second-order valence-electron chi connectivity index (χ2n) is 6.51. The van der Waals surface area contributed by atoms with E-state index in [0.717, 1.165) is 12.8 Å². The van der Waals surface area contributed by atoms with Crippen molar-refractivity contribution in [2.24, 2.45) is 4.99 Å². The molecule has 8 nitrogen and oxygen atoms in total. The largest absolute Gasteiger partial charge is 0.621 e. The number of amidine groups is 1. The number of nitrogens with zero attached hydrogens (tertiary/aromatic N) is 3. The molecule has 1 atom stereocenters. The molecule has 0 saturated carbocycles. The van der Waals surface area contributed by atoms with Crippen LogP contribution in [0.25, 0.3) is 10.9 Å². The molecule has 27 heavy (non-hydrogen) atoms. The Bertz CT molecular complexity index is 912. The number of hydrogen-bond donors (Lipinski definition) is 1. The Labute approximate surface area is 157 Å². The van der Waals surface area contributed by atoms with Crippen molar-refractivity contribution >= 4 is 39.9 Å². The lowest BCUT2D eigenvalue weighted by atomic mass is 10.1. The molecule has 0 bridgehead atoms. The minimum atomic E-state index is -0.704. The third-order valence-corrected chi connectivity index (χ3v) is 4.77. The topological polar surface area (TPSA) is 110 Å². The molecule has 2 N–H and O–H groups in total. The third-order valence-electron chi connectivity index (χ3n) is 4.77. The molecule has 0 amide bonds. The second kappa shape index (κ2) is 7.59. The lowest BCUT2D eigenvalue weighted by Gasteiger charge is -2.39. The van der Waals surface area contributed by atoms with Crippen LogP contribution in [0.4, 0.5) is 17.2 Å². The summed E-state index contributed by atoms with van der Waals surface area (Å²) in [5, 5.41) is 14.5. The number of nitrogens with two attached hydrogens (primary N) is 1. The van der Waals surface area contributed by atoms with E-state index in [1.807, 2.05) is 0 Å². The van der Waals surface area contributed by atoms with Crippen molar-refractivity contribution in [1.29, 1.82) is 0 Å². The van der Waals surface area contributed by atoms with Gasteiger partial charge in [0.2, 0.25) is 5.84 Å². The van der Waals surface area contributed by atoms with Gasteiger partial charge in [-0.25, -0.2) is 9.78 Å². The Kier molecular flexibility index (Phi) is 5.41. The number of methoxy groups -OCH3 is 2. The number of carbonyl (C=O) groups excluding carboxylic acids is 1. The Balaban J connectivity index is 2.19. The predicted octanol–water partition coefficient (Wildman–Crippen LogP) is 3.29. The van der Waals surface area contributed by atoms with Gasteiger partial charge in [0.25, 0.3) is 0 Å². The van der Waals surface area contributed by atoms with Gasteiger partial charge in [-0.2, -0.15) is 4.99 Å². The van der Waals surface area contributed by atoms with E-state index >= 15 is 0 Å². The number of pyridine rings is 1. The minimum absolute atomic E-state index is 0.182. The Morgan fingerprint density at radius 3 is 2.78 bits per heavy atom. The van der Waals surface area contributed by atoms with Crippen molar-refractivity contribution in [2.45, 2.75) is 26.2 Å². The number of esters is 1. The number of quaternary nitrogens is 1. The van der Waals surface area contributed by atoms with E-state index in [4.69, 9.17) is 15.2 Å². The number of hydrogen-bond acceptors (Lipinski definition) is 7. The smallest absolute Gasteiger partial charge is 0.337 e. The van der Waals surface area contributed by atoms with Gasteiger partial charge in [0.15, 0.2) is 17.2 Å². The molecule has 1 aromatic carbocycles. The van der Waals surface area contributed by atoms with E-state index in [1.165, 1.54) is 7.11 Å². The fraction of sp³-hybridized carbons (Fsp3) is 0.421. The van der Waals surface area contributed by atoms with Crippen LogP contribution in [0.1, 0.15) is 36.5 Å². The summed E-state index contributed by atoms with van der Waals surface area (Å²) in [4.78, 5) is 20.8. The van der Waals surface area contributed by atoms with Crippen LogP contribution in [-0.2, 0) is 9.47 Å². The highest BCUT2D eigenvalue weighted by Crippen LogP contribution is 2.48. The van der Waals surface area contributed by atoms with Crippen molar-refractivity contribution in [3.8, 4) is 0 Å². The molecule has 8 heteroatoms. The molecular weight excluding hydrogens is 348 g/mol. The highest BCUT2D eigenvalue weighted by Gasteiger charge is 2.39. The van der Waals surface area contributed by atoms with Crippen LogP contribution in [-0.4, -0.2) is 44.2 Å². The van der Waals surface area contributed by atoms with Crippen LogP contribution in [0.3, 0.4) is 0 Å². The summed E-state index contributed by atoms with van der Waals surface area (Å²) in [5.41, 5.74) is 7.83. The second-order valence-corrected chi connectivity index (χ2v) is 6.51. The molecule has 1 aliphatic rings. The van der Waals surface area contributed by atoms with Crippen LogP contribution >= 0.6 is 0 Å². The number of benzene rings is 1. The highest BCUT2D eigenvalue weighted by molar-refractivity contribution is 6.14. The summed E-state index contributed by atoms with van der Waals surface area (Å²) < 4.78 is 9.22. The first kappa shape index (κ1) is 19.2. The van der Waals surface area contributed by atoms with Crippen molar-refractivity contribution in [3.63, 3.8) is 0 Å². The van der Waals surface area contributed by atoms with Gasteiger partial charge in [0.1, 0.15) is 6.54 Å². The zero-order chi connectivity index (χ0) is 19.6. The lowest BCUT2D eigenvalue weighted by molar-refractivity contribution is 0.0601. The van der Waals surface area contributed by atoms with Crippen LogP contribution in [0.2, 0.25) is 0 Å². The van der Waals surface area contributed by atoms with E-state index in [-0.39, 0.29) is 19.0 Å². The van der Waals surface area contributed by atoms with Crippen LogP contribution in [0.15, 0.2) is 23.2 Å². The summed E-state index contributed by atoms with van der Waals surface area (Å²) in [6.07, 6.45) is 2.40. The SMILES string of the molecule is CCCCC1=Nc2c(N)nc3cc(C(=O)OC)ccc3c2[N+]1([O-])CCOC. The number of aliphatic imine (C=N–C) groups is 1. The average molecular weight is 372 g/mol.